The third kappa shape index (κ3) is 10.6. The molecule has 0 aromatic heterocycles. The summed E-state index contributed by atoms with van der Waals surface area (Å²) in [6.45, 7) is 2.57. The number of carbonyl (C=O) groups excluding carboxylic acids is 2. The second kappa shape index (κ2) is 10.9. The zero-order valence-corrected chi connectivity index (χ0v) is 12.8. The van der Waals surface area contributed by atoms with E-state index >= 15 is 0 Å². The fourth-order valence-electron chi connectivity index (χ4n) is 1.59. The number of methoxy groups -OCH3 is 1. The minimum atomic E-state index is -0.849. The number of likely N-dealkylation sites (N-methyl/N-ethyl adjacent to an activating group) is 1. The van der Waals surface area contributed by atoms with E-state index in [1.165, 1.54) is 19.1 Å². The molecule has 8 nitrogen and oxygen atoms in total. The molecule has 0 rings (SSSR count). The molecule has 0 bridgehead atoms. The molecule has 0 fully saturated rings. The van der Waals surface area contributed by atoms with Gasteiger partial charge in [0.05, 0.1) is 6.61 Å². The fraction of sp³-hybridized carbons (Fsp3) is 0.769. The first kappa shape index (κ1) is 19.2. The zero-order chi connectivity index (χ0) is 16.3. The molecule has 3 N–H and O–H groups in total. The molecule has 1 unspecified atom stereocenters. The van der Waals surface area contributed by atoms with Crippen LogP contribution in [0.2, 0.25) is 0 Å². The van der Waals surface area contributed by atoms with Gasteiger partial charge >= 0.3 is 12.0 Å². The van der Waals surface area contributed by atoms with Crippen molar-refractivity contribution in [1.29, 1.82) is 0 Å². The average Bonchev–Trinajstić information content (AvgIpc) is 2.38. The van der Waals surface area contributed by atoms with Crippen LogP contribution in [0.5, 0.6) is 0 Å². The molecule has 8 heteroatoms. The van der Waals surface area contributed by atoms with Gasteiger partial charge < -0.3 is 25.4 Å². The summed E-state index contributed by atoms with van der Waals surface area (Å²) in [5.41, 5.74) is 0. The van der Waals surface area contributed by atoms with E-state index in [1.807, 2.05) is 0 Å². The molecule has 122 valence electrons. The largest absolute Gasteiger partial charge is 0.481 e. The molecular weight excluding hydrogens is 278 g/mol. The van der Waals surface area contributed by atoms with Crippen molar-refractivity contribution in [2.45, 2.75) is 32.2 Å². The standard InChI is InChI=1S/C13H25N3O5/c1-10(5-4-6-12(18)19)15-13(20)16(2)9-11(17)14-7-8-21-3/h10H,4-9H2,1-3H3,(H,14,17)(H,15,20)(H,18,19). The first-order valence-corrected chi connectivity index (χ1v) is 6.85. The second-order valence-electron chi connectivity index (χ2n) is 4.84. The molecule has 1 atom stereocenters. The van der Waals surface area contributed by atoms with Gasteiger partial charge in [0.15, 0.2) is 0 Å². The number of nitrogens with one attached hydrogen (secondary N) is 2. The van der Waals surface area contributed by atoms with Crippen molar-refractivity contribution in [3.05, 3.63) is 0 Å². The third-order valence-corrected chi connectivity index (χ3v) is 2.75. The number of carbonyl (C=O) groups is 3. The maximum atomic E-state index is 11.8. The summed E-state index contributed by atoms with van der Waals surface area (Å²) >= 11 is 0. The maximum Gasteiger partial charge on any atom is 0.317 e. The Bertz CT molecular complexity index is 349. The van der Waals surface area contributed by atoms with Crippen molar-refractivity contribution in [3.63, 3.8) is 0 Å². The van der Waals surface area contributed by atoms with Gasteiger partial charge in [0, 0.05) is 33.2 Å². The lowest BCUT2D eigenvalue weighted by atomic mass is 10.1. The van der Waals surface area contributed by atoms with Crippen molar-refractivity contribution in [2.24, 2.45) is 0 Å². The molecule has 0 spiro atoms. The highest BCUT2D eigenvalue weighted by Gasteiger charge is 2.14. The van der Waals surface area contributed by atoms with E-state index in [9.17, 15) is 14.4 Å². The minimum Gasteiger partial charge on any atom is -0.481 e. The molecule has 0 saturated heterocycles. The van der Waals surface area contributed by atoms with Crippen LogP contribution >= 0.6 is 0 Å². The van der Waals surface area contributed by atoms with Gasteiger partial charge in [-0.15, -0.1) is 0 Å². The number of hydrogen-bond donors (Lipinski definition) is 3. The van der Waals surface area contributed by atoms with Crippen molar-refractivity contribution in [1.82, 2.24) is 15.5 Å². The quantitative estimate of drug-likeness (QED) is 0.494. The van der Waals surface area contributed by atoms with Crippen LogP contribution in [0.3, 0.4) is 0 Å². The number of hydrogen-bond acceptors (Lipinski definition) is 4. The second-order valence-corrected chi connectivity index (χ2v) is 4.84. The van der Waals surface area contributed by atoms with E-state index in [0.29, 0.717) is 26.0 Å². The highest BCUT2D eigenvalue weighted by atomic mass is 16.5. The minimum absolute atomic E-state index is 0.0443. The molecule has 0 aliphatic heterocycles. The van der Waals surface area contributed by atoms with E-state index in [4.69, 9.17) is 9.84 Å². The smallest absolute Gasteiger partial charge is 0.317 e. The van der Waals surface area contributed by atoms with E-state index in [1.54, 1.807) is 6.92 Å². The van der Waals surface area contributed by atoms with Crippen molar-refractivity contribution in [2.75, 3.05) is 33.9 Å². The maximum absolute atomic E-state index is 11.8. The van der Waals surface area contributed by atoms with Gasteiger partial charge in [0.2, 0.25) is 5.91 Å². The van der Waals surface area contributed by atoms with Gasteiger partial charge in [-0.1, -0.05) is 0 Å². The number of carboxylic acid groups (broad SMARTS) is 1. The predicted octanol–water partition coefficient (Wildman–Crippen LogP) is 0.0338. The van der Waals surface area contributed by atoms with Crippen LogP contribution in [0, 0.1) is 0 Å². The van der Waals surface area contributed by atoms with Crippen LogP contribution in [0.4, 0.5) is 4.79 Å². The number of amides is 3. The van der Waals surface area contributed by atoms with E-state index < -0.39 is 5.97 Å². The van der Waals surface area contributed by atoms with Gasteiger partial charge in [-0.2, -0.15) is 0 Å². The van der Waals surface area contributed by atoms with Crippen molar-refractivity contribution in [3.8, 4) is 0 Å². The first-order chi connectivity index (χ1) is 9.86. The molecule has 0 saturated carbocycles. The molecule has 0 aliphatic rings. The van der Waals surface area contributed by atoms with E-state index in [2.05, 4.69) is 10.6 Å². The average molecular weight is 303 g/mol. The van der Waals surface area contributed by atoms with Crippen molar-refractivity contribution < 1.29 is 24.2 Å². The molecule has 0 aromatic carbocycles. The summed E-state index contributed by atoms with van der Waals surface area (Å²) in [5.74, 6) is -1.11. The Hall–Kier alpha value is -1.83. The lowest BCUT2D eigenvalue weighted by Crippen LogP contribution is -2.46. The molecule has 21 heavy (non-hydrogen) atoms. The van der Waals surface area contributed by atoms with Crippen LogP contribution in [0.1, 0.15) is 26.2 Å². The van der Waals surface area contributed by atoms with Crippen LogP contribution in [0.25, 0.3) is 0 Å². The number of rotatable bonds is 10. The van der Waals surface area contributed by atoms with Crippen molar-refractivity contribution >= 4 is 17.9 Å². The Kier molecular flexibility index (Phi) is 9.95. The predicted molar refractivity (Wildman–Crippen MR) is 77.0 cm³/mol. The lowest BCUT2D eigenvalue weighted by molar-refractivity contribution is -0.137. The number of carboxylic acids is 1. The Labute approximate surface area is 124 Å². The number of urea groups is 1. The third-order valence-electron chi connectivity index (χ3n) is 2.75. The van der Waals surface area contributed by atoms with Crippen LogP contribution < -0.4 is 10.6 Å². The Balaban J connectivity index is 3.92. The zero-order valence-electron chi connectivity index (χ0n) is 12.8. The van der Waals surface area contributed by atoms with Gasteiger partial charge in [-0.25, -0.2) is 4.79 Å². The summed E-state index contributed by atoms with van der Waals surface area (Å²) in [6.07, 6.45) is 1.15. The monoisotopic (exact) mass is 303 g/mol. The first-order valence-electron chi connectivity index (χ1n) is 6.85. The highest BCUT2D eigenvalue weighted by molar-refractivity contribution is 5.83. The van der Waals surface area contributed by atoms with Gasteiger partial charge in [-0.3, -0.25) is 9.59 Å². The van der Waals surface area contributed by atoms with Gasteiger partial charge in [0.25, 0.3) is 0 Å². The fourth-order valence-corrected chi connectivity index (χ4v) is 1.59. The summed E-state index contributed by atoms with van der Waals surface area (Å²) < 4.78 is 4.80. The summed E-state index contributed by atoms with van der Waals surface area (Å²) in [6, 6.07) is -0.504. The SMILES string of the molecule is COCCNC(=O)CN(C)C(=O)NC(C)CCCC(=O)O. The summed E-state index contributed by atoms with van der Waals surface area (Å²) in [5, 5.41) is 13.9. The molecule has 0 aromatic rings. The summed E-state index contributed by atoms with van der Waals surface area (Å²) in [7, 11) is 3.06. The molecule has 0 aliphatic carbocycles. The Morgan fingerprint density at radius 2 is 2.00 bits per heavy atom. The molecular formula is C13H25N3O5. The van der Waals surface area contributed by atoms with Gasteiger partial charge in [-0.05, 0) is 19.8 Å². The molecule has 3 amide bonds. The van der Waals surface area contributed by atoms with Gasteiger partial charge in [0.1, 0.15) is 6.54 Å². The van der Waals surface area contributed by atoms with E-state index in [0.717, 1.165) is 0 Å². The molecule has 0 radical (unpaired) electrons. The van der Waals surface area contributed by atoms with Crippen LogP contribution in [0.15, 0.2) is 0 Å². The number of aliphatic carboxylic acids is 1. The normalized spacial score (nSPS) is 11.6. The van der Waals surface area contributed by atoms with Crippen LogP contribution in [-0.2, 0) is 14.3 Å². The summed E-state index contributed by atoms with van der Waals surface area (Å²) in [4.78, 5) is 35.0. The molecule has 0 heterocycles. The topological polar surface area (TPSA) is 108 Å². The Morgan fingerprint density at radius 1 is 1.33 bits per heavy atom. The number of ether oxygens (including phenoxy) is 1. The highest BCUT2D eigenvalue weighted by Crippen LogP contribution is 2.01. The van der Waals surface area contributed by atoms with Crippen LogP contribution in [-0.4, -0.2) is 67.8 Å². The van der Waals surface area contributed by atoms with E-state index in [-0.39, 0.29) is 30.9 Å². The Morgan fingerprint density at radius 3 is 2.57 bits per heavy atom. The number of nitrogens with zero attached hydrogens (tertiary/aromatic N) is 1. The lowest BCUT2D eigenvalue weighted by Gasteiger charge is -2.21.